The van der Waals surface area contributed by atoms with E-state index in [0.717, 1.165) is 29.5 Å². The molecule has 8 nitrogen and oxygen atoms in total. The van der Waals surface area contributed by atoms with E-state index >= 15 is 0 Å². The van der Waals surface area contributed by atoms with Gasteiger partial charge in [-0.15, -0.1) is 0 Å². The highest BCUT2D eigenvalue weighted by Gasteiger charge is 2.42. The van der Waals surface area contributed by atoms with E-state index in [1.165, 1.54) is 29.6 Å². The predicted octanol–water partition coefficient (Wildman–Crippen LogP) is 7.44. The second-order valence-corrected chi connectivity index (χ2v) is 13.6. The Morgan fingerprint density at radius 2 is 1.73 bits per heavy atom. The maximum absolute atomic E-state index is 13.9. The number of thiazole rings is 1. The van der Waals surface area contributed by atoms with Crippen LogP contribution in [0.5, 0.6) is 0 Å². The number of hydrogen-bond acceptors (Lipinski definition) is 8. The highest BCUT2D eigenvalue weighted by Crippen LogP contribution is 2.40. The lowest BCUT2D eigenvalue weighted by Gasteiger charge is -2.41. The first kappa shape index (κ1) is 31.6. The molecule has 5 rings (SSSR count). The second kappa shape index (κ2) is 13.8. The van der Waals surface area contributed by atoms with Crippen LogP contribution in [0.1, 0.15) is 86.5 Å². The van der Waals surface area contributed by atoms with Crippen molar-refractivity contribution in [3.63, 3.8) is 0 Å². The number of nitrogens with one attached hydrogen (secondary N) is 1. The fourth-order valence-corrected chi connectivity index (χ4v) is 6.67. The monoisotopic (exact) mass is 613 g/mol. The Labute approximate surface area is 264 Å². The Morgan fingerprint density at radius 3 is 2.39 bits per heavy atom. The summed E-state index contributed by atoms with van der Waals surface area (Å²) in [6, 6.07) is 16.6. The van der Waals surface area contributed by atoms with Gasteiger partial charge < -0.3 is 15.0 Å². The third-order valence-corrected chi connectivity index (χ3v) is 9.71. The van der Waals surface area contributed by atoms with Gasteiger partial charge in [0.25, 0.3) is 0 Å². The first-order valence-corrected chi connectivity index (χ1v) is 16.4. The number of rotatable bonds is 11. The van der Waals surface area contributed by atoms with E-state index in [2.05, 4.69) is 72.1 Å². The van der Waals surface area contributed by atoms with Gasteiger partial charge in [0.1, 0.15) is 0 Å². The number of methoxy groups -OCH3 is 1. The van der Waals surface area contributed by atoms with Gasteiger partial charge >= 0.3 is 5.97 Å². The van der Waals surface area contributed by atoms with E-state index < -0.39 is 11.4 Å². The van der Waals surface area contributed by atoms with Crippen LogP contribution in [-0.4, -0.2) is 47.0 Å². The normalized spacial score (nSPS) is 14.8. The van der Waals surface area contributed by atoms with E-state index in [4.69, 9.17) is 9.72 Å². The Hall–Kier alpha value is -3.85. The molecule has 0 radical (unpaired) electrons. The zero-order chi connectivity index (χ0) is 31.3. The zero-order valence-corrected chi connectivity index (χ0v) is 27.2. The van der Waals surface area contributed by atoms with E-state index in [-0.39, 0.29) is 5.91 Å². The summed E-state index contributed by atoms with van der Waals surface area (Å²) in [4.78, 5) is 42.7. The van der Waals surface area contributed by atoms with Crippen LogP contribution in [0.25, 0.3) is 10.2 Å². The number of aryl methyl sites for hydroxylation is 2. The standard InChI is InChI=1S/C35H43N5O3S/c1-23(2)16-17-35(32(42)39-34-38-29-8-6-7-9-30(29)44-34)18-20-40(21-19-35)33-36-22-27(31(41)43-5)28(37-33)15-12-25-10-13-26(14-11-25)24(3)4/h6-11,13-14,22-24H,12,15-21H2,1-5H3,(H,38,39,42). The summed E-state index contributed by atoms with van der Waals surface area (Å²) in [5.41, 5.74) is 3.98. The van der Waals surface area contributed by atoms with Crippen LogP contribution in [0, 0.1) is 11.3 Å². The number of benzene rings is 2. The number of hydrogen-bond donors (Lipinski definition) is 1. The Morgan fingerprint density at radius 1 is 1.00 bits per heavy atom. The summed E-state index contributed by atoms with van der Waals surface area (Å²) >= 11 is 1.51. The first-order valence-electron chi connectivity index (χ1n) is 15.6. The van der Waals surface area contributed by atoms with E-state index in [1.807, 2.05) is 24.3 Å². The van der Waals surface area contributed by atoms with Crippen LogP contribution in [0.3, 0.4) is 0 Å². The summed E-state index contributed by atoms with van der Waals surface area (Å²) in [5, 5.41) is 3.81. The van der Waals surface area contributed by atoms with Gasteiger partial charge in [-0.1, -0.05) is 75.4 Å². The van der Waals surface area contributed by atoms with Crippen molar-refractivity contribution in [3.8, 4) is 0 Å². The van der Waals surface area contributed by atoms with Crippen molar-refractivity contribution in [1.29, 1.82) is 0 Å². The largest absolute Gasteiger partial charge is 0.465 e. The molecule has 2 aromatic carbocycles. The van der Waals surface area contributed by atoms with Crippen LogP contribution >= 0.6 is 11.3 Å². The molecule has 1 amide bonds. The molecule has 3 heterocycles. The smallest absolute Gasteiger partial charge is 0.341 e. The molecule has 1 saturated heterocycles. The van der Waals surface area contributed by atoms with Crippen LogP contribution in [-0.2, 0) is 22.4 Å². The molecular formula is C35H43N5O3S. The van der Waals surface area contributed by atoms with Gasteiger partial charge in [-0.3, -0.25) is 4.79 Å². The first-order chi connectivity index (χ1) is 21.2. The molecule has 1 aliphatic rings. The fraction of sp³-hybridized carbons (Fsp3) is 0.457. The van der Waals surface area contributed by atoms with Crippen LogP contribution in [0.2, 0.25) is 0 Å². The lowest BCUT2D eigenvalue weighted by atomic mass is 9.73. The molecule has 1 fully saturated rings. The summed E-state index contributed by atoms with van der Waals surface area (Å²) in [6.45, 7) is 10.1. The van der Waals surface area contributed by atoms with Crippen molar-refractivity contribution < 1.29 is 14.3 Å². The molecule has 0 aliphatic carbocycles. The molecule has 44 heavy (non-hydrogen) atoms. The minimum absolute atomic E-state index is 0.0444. The minimum Gasteiger partial charge on any atom is -0.465 e. The third kappa shape index (κ3) is 7.26. The van der Waals surface area contributed by atoms with E-state index in [9.17, 15) is 9.59 Å². The Balaban J connectivity index is 1.31. The van der Waals surface area contributed by atoms with Crippen LogP contribution in [0.4, 0.5) is 11.1 Å². The molecule has 2 aromatic heterocycles. The highest BCUT2D eigenvalue weighted by atomic mass is 32.1. The van der Waals surface area contributed by atoms with Crippen molar-refractivity contribution in [2.24, 2.45) is 11.3 Å². The average molecular weight is 614 g/mol. The predicted molar refractivity (Wildman–Crippen MR) is 178 cm³/mol. The molecule has 9 heteroatoms. The summed E-state index contributed by atoms with van der Waals surface area (Å²) in [7, 11) is 1.38. The molecule has 1 aliphatic heterocycles. The van der Waals surface area contributed by atoms with Crippen molar-refractivity contribution >= 4 is 44.5 Å². The number of carbonyl (C=O) groups is 2. The van der Waals surface area contributed by atoms with Gasteiger partial charge in [-0.25, -0.2) is 19.7 Å². The third-order valence-electron chi connectivity index (χ3n) is 8.76. The SMILES string of the molecule is COC(=O)c1cnc(N2CCC(CCC(C)C)(C(=O)Nc3nc4ccccc4s3)CC2)nc1CCc1ccc(C(C)C)cc1. The molecule has 0 bridgehead atoms. The number of anilines is 2. The van der Waals surface area contributed by atoms with Crippen molar-refractivity contribution in [2.45, 2.75) is 72.1 Å². The highest BCUT2D eigenvalue weighted by molar-refractivity contribution is 7.22. The molecular weight excluding hydrogens is 570 g/mol. The zero-order valence-electron chi connectivity index (χ0n) is 26.4. The Kier molecular flexibility index (Phi) is 9.93. The number of piperidine rings is 1. The second-order valence-electron chi connectivity index (χ2n) is 12.6. The fourth-order valence-electron chi connectivity index (χ4n) is 5.81. The van der Waals surface area contributed by atoms with Crippen LogP contribution < -0.4 is 10.2 Å². The number of esters is 1. The topological polar surface area (TPSA) is 97.3 Å². The van der Waals surface area contributed by atoms with Crippen LogP contribution in [0.15, 0.2) is 54.7 Å². The Bertz CT molecular complexity index is 1560. The number of carbonyl (C=O) groups excluding carboxylic acids is 2. The van der Waals surface area contributed by atoms with Gasteiger partial charge in [0.15, 0.2) is 5.13 Å². The quantitative estimate of drug-likeness (QED) is 0.176. The maximum Gasteiger partial charge on any atom is 0.341 e. The summed E-state index contributed by atoms with van der Waals surface area (Å²) < 4.78 is 6.10. The van der Waals surface area contributed by atoms with Gasteiger partial charge in [-0.2, -0.15) is 0 Å². The summed E-state index contributed by atoms with van der Waals surface area (Å²) in [5.74, 6) is 1.18. The lowest BCUT2D eigenvalue weighted by molar-refractivity contribution is -0.127. The van der Waals surface area contributed by atoms with Gasteiger partial charge in [0.2, 0.25) is 11.9 Å². The maximum atomic E-state index is 13.9. The molecule has 0 spiro atoms. The summed E-state index contributed by atoms with van der Waals surface area (Å²) in [6.07, 6.45) is 6.11. The number of aromatic nitrogens is 3. The molecule has 4 aromatic rings. The number of nitrogens with zero attached hydrogens (tertiary/aromatic N) is 4. The van der Waals surface area contributed by atoms with E-state index in [1.54, 1.807) is 6.20 Å². The molecule has 0 atom stereocenters. The number of amides is 1. The van der Waals surface area contributed by atoms with Gasteiger partial charge in [-0.05, 0) is 73.6 Å². The van der Waals surface area contributed by atoms with Gasteiger partial charge in [0.05, 0.1) is 34.0 Å². The van der Waals surface area contributed by atoms with Crippen molar-refractivity contribution in [3.05, 3.63) is 77.1 Å². The number of ether oxygens (including phenoxy) is 1. The lowest BCUT2D eigenvalue weighted by Crippen LogP contribution is -2.47. The van der Waals surface area contributed by atoms with Gasteiger partial charge in [0, 0.05) is 19.3 Å². The molecule has 1 N–H and O–H groups in total. The van der Waals surface area contributed by atoms with E-state index in [0.29, 0.717) is 66.5 Å². The average Bonchev–Trinajstić information content (AvgIpc) is 3.45. The number of fused-ring (bicyclic) bond motifs is 1. The minimum atomic E-state index is -0.491. The number of para-hydroxylation sites is 1. The molecule has 0 saturated carbocycles. The van der Waals surface area contributed by atoms with Crippen molar-refractivity contribution in [2.75, 3.05) is 30.4 Å². The molecule has 232 valence electrons. The molecule has 0 unspecified atom stereocenters. The van der Waals surface area contributed by atoms with Crippen molar-refractivity contribution in [1.82, 2.24) is 15.0 Å².